The Bertz CT molecular complexity index is 373. The first-order valence-electron chi connectivity index (χ1n) is 5.30. The van der Waals surface area contributed by atoms with Gasteiger partial charge in [0, 0.05) is 12.0 Å². The van der Waals surface area contributed by atoms with Crippen LogP contribution < -0.4 is 4.74 Å². The lowest BCUT2D eigenvalue weighted by atomic mass is 9.89. The van der Waals surface area contributed by atoms with Crippen LogP contribution in [0.2, 0.25) is 0 Å². The lowest BCUT2D eigenvalue weighted by Gasteiger charge is -2.30. The van der Waals surface area contributed by atoms with E-state index in [-0.39, 0.29) is 5.75 Å². The average Bonchev–Trinajstić information content (AvgIpc) is 2.23. The number of aliphatic hydroxyl groups is 1. The first kappa shape index (κ1) is 10.3. The van der Waals surface area contributed by atoms with Crippen LogP contribution in [-0.4, -0.2) is 16.5 Å². The summed E-state index contributed by atoms with van der Waals surface area (Å²) in [6.45, 7) is 3.90. The number of rotatable bonds is 1. The van der Waals surface area contributed by atoms with Crippen molar-refractivity contribution in [3.8, 4) is 11.5 Å². The molecular formula is C12H16O3. The molecule has 82 valence electrons. The maximum atomic E-state index is 9.57. The molecule has 1 aromatic carbocycles. The molecule has 0 bridgehead atoms. The molecule has 0 unspecified atom stereocenters. The zero-order valence-corrected chi connectivity index (χ0v) is 9.03. The third-order valence-electron chi connectivity index (χ3n) is 3.08. The predicted octanol–water partition coefficient (Wildman–Crippen LogP) is 2.30. The van der Waals surface area contributed by atoms with Gasteiger partial charge >= 0.3 is 0 Å². The van der Waals surface area contributed by atoms with Gasteiger partial charge < -0.3 is 14.9 Å². The molecule has 3 heteroatoms. The van der Waals surface area contributed by atoms with Crippen LogP contribution in [0.1, 0.15) is 36.8 Å². The van der Waals surface area contributed by atoms with E-state index in [2.05, 4.69) is 6.92 Å². The second-order valence-corrected chi connectivity index (χ2v) is 4.04. The van der Waals surface area contributed by atoms with Crippen molar-refractivity contribution in [1.29, 1.82) is 0 Å². The van der Waals surface area contributed by atoms with Gasteiger partial charge in [-0.15, -0.1) is 0 Å². The summed E-state index contributed by atoms with van der Waals surface area (Å²) in [5.41, 5.74) is 1.81. The van der Waals surface area contributed by atoms with Crippen LogP contribution in [0.15, 0.2) is 12.1 Å². The number of phenolic OH excluding ortho intramolecular Hbond substituents is 1. The second kappa shape index (κ2) is 3.74. The Balaban J connectivity index is 2.51. The summed E-state index contributed by atoms with van der Waals surface area (Å²) in [6.07, 6.45) is 0.855. The smallest absolute Gasteiger partial charge is 0.197 e. The highest BCUT2D eigenvalue weighted by atomic mass is 16.6. The Morgan fingerprint density at radius 3 is 2.87 bits per heavy atom. The molecule has 0 saturated heterocycles. The van der Waals surface area contributed by atoms with Crippen LogP contribution in [0, 0.1) is 6.92 Å². The Kier molecular flexibility index (Phi) is 2.57. The summed E-state index contributed by atoms with van der Waals surface area (Å²) in [5.74, 6) is 1.20. The van der Waals surface area contributed by atoms with Gasteiger partial charge in [-0.2, -0.15) is 0 Å². The number of aliphatic hydroxyl groups excluding tert-OH is 1. The minimum absolute atomic E-state index is 0.220. The van der Waals surface area contributed by atoms with E-state index in [0.29, 0.717) is 23.7 Å². The molecule has 1 aliphatic heterocycles. The van der Waals surface area contributed by atoms with Gasteiger partial charge in [0.1, 0.15) is 11.5 Å². The lowest BCUT2D eigenvalue weighted by Crippen LogP contribution is -2.25. The molecule has 0 fully saturated rings. The van der Waals surface area contributed by atoms with Crippen molar-refractivity contribution >= 4 is 0 Å². The van der Waals surface area contributed by atoms with Crippen LogP contribution in [-0.2, 0) is 0 Å². The molecule has 1 aliphatic rings. The fraction of sp³-hybridized carbons (Fsp3) is 0.500. The van der Waals surface area contributed by atoms with Gasteiger partial charge in [0.05, 0.1) is 0 Å². The number of benzene rings is 1. The molecular weight excluding hydrogens is 192 g/mol. The normalized spacial score (nSPS) is 24.5. The summed E-state index contributed by atoms with van der Waals surface area (Å²) in [4.78, 5) is 0. The summed E-state index contributed by atoms with van der Waals surface area (Å²) in [5, 5.41) is 19.1. The quantitative estimate of drug-likeness (QED) is 0.744. The third kappa shape index (κ3) is 1.67. The van der Waals surface area contributed by atoms with Crippen LogP contribution in [0.3, 0.4) is 0 Å². The molecule has 2 rings (SSSR count). The summed E-state index contributed by atoms with van der Waals surface area (Å²) < 4.78 is 5.37. The van der Waals surface area contributed by atoms with Gasteiger partial charge in [-0.25, -0.2) is 0 Å². The number of aromatic hydroxyl groups is 1. The van der Waals surface area contributed by atoms with Crippen molar-refractivity contribution in [2.24, 2.45) is 0 Å². The maximum Gasteiger partial charge on any atom is 0.197 e. The van der Waals surface area contributed by atoms with Crippen molar-refractivity contribution in [1.82, 2.24) is 0 Å². The Morgan fingerprint density at radius 1 is 1.47 bits per heavy atom. The largest absolute Gasteiger partial charge is 0.508 e. The van der Waals surface area contributed by atoms with E-state index < -0.39 is 6.29 Å². The topological polar surface area (TPSA) is 49.7 Å². The number of ether oxygens (including phenoxy) is 1. The Hall–Kier alpha value is -1.22. The van der Waals surface area contributed by atoms with Gasteiger partial charge in [-0.05, 0) is 30.9 Å². The van der Waals surface area contributed by atoms with Crippen molar-refractivity contribution in [2.45, 2.75) is 38.9 Å². The van der Waals surface area contributed by atoms with E-state index in [4.69, 9.17) is 4.74 Å². The number of fused-ring (bicyclic) bond motifs is 1. The molecule has 0 aromatic heterocycles. The van der Waals surface area contributed by atoms with E-state index in [1.54, 1.807) is 13.0 Å². The minimum Gasteiger partial charge on any atom is -0.508 e. The zero-order chi connectivity index (χ0) is 11.0. The van der Waals surface area contributed by atoms with E-state index in [1.807, 2.05) is 6.07 Å². The molecule has 1 heterocycles. The Morgan fingerprint density at radius 2 is 2.20 bits per heavy atom. The Labute approximate surface area is 89.3 Å². The first-order chi connectivity index (χ1) is 7.13. The van der Waals surface area contributed by atoms with Gasteiger partial charge in [0.2, 0.25) is 0 Å². The maximum absolute atomic E-state index is 9.57. The van der Waals surface area contributed by atoms with E-state index in [0.717, 1.165) is 12.0 Å². The highest BCUT2D eigenvalue weighted by Crippen LogP contribution is 2.42. The fourth-order valence-corrected chi connectivity index (χ4v) is 2.12. The average molecular weight is 208 g/mol. The fourth-order valence-electron chi connectivity index (χ4n) is 2.12. The highest BCUT2D eigenvalue weighted by molar-refractivity contribution is 5.50. The molecule has 0 amide bonds. The molecule has 0 aliphatic carbocycles. The van der Waals surface area contributed by atoms with Crippen LogP contribution >= 0.6 is 0 Å². The molecule has 0 spiro atoms. The summed E-state index contributed by atoms with van der Waals surface area (Å²) in [7, 11) is 0. The SMILES string of the molecule is CC[C@H]1C[C@H](O)Oc2c1ccc(O)c2C. The molecule has 1 aromatic rings. The van der Waals surface area contributed by atoms with Crippen LogP contribution in [0.4, 0.5) is 0 Å². The van der Waals surface area contributed by atoms with Gasteiger partial charge in [0.25, 0.3) is 0 Å². The van der Waals surface area contributed by atoms with Crippen LogP contribution in [0.25, 0.3) is 0 Å². The standard InChI is InChI=1S/C12H16O3/c1-3-8-6-11(14)15-12-7(2)10(13)5-4-9(8)12/h4-5,8,11,13-14H,3,6H2,1-2H3/t8-,11+/m0/s1. The minimum atomic E-state index is -0.747. The molecule has 15 heavy (non-hydrogen) atoms. The van der Waals surface area contributed by atoms with Crippen molar-refractivity contribution in [3.63, 3.8) is 0 Å². The predicted molar refractivity (Wildman–Crippen MR) is 57.1 cm³/mol. The molecule has 3 nitrogen and oxygen atoms in total. The molecule has 2 N–H and O–H groups in total. The number of hydrogen-bond acceptors (Lipinski definition) is 3. The number of hydrogen-bond donors (Lipinski definition) is 2. The second-order valence-electron chi connectivity index (χ2n) is 4.04. The molecule has 0 saturated carbocycles. The van der Waals surface area contributed by atoms with Gasteiger partial charge in [0.15, 0.2) is 6.29 Å². The van der Waals surface area contributed by atoms with E-state index in [9.17, 15) is 10.2 Å². The number of phenols is 1. The zero-order valence-electron chi connectivity index (χ0n) is 9.03. The van der Waals surface area contributed by atoms with E-state index >= 15 is 0 Å². The third-order valence-corrected chi connectivity index (χ3v) is 3.08. The van der Waals surface area contributed by atoms with Gasteiger partial charge in [-0.3, -0.25) is 0 Å². The van der Waals surface area contributed by atoms with E-state index in [1.165, 1.54) is 0 Å². The molecule has 0 radical (unpaired) electrons. The highest BCUT2D eigenvalue weighted by Gasteiger charge is 2.27. The monoisotopic (exact) mass is 208 g/mol. The van der Waals surface area contributed by atoms with Gasteiger partial charge in [-0.1, -0.05) is 13.0 Å². The molecule has 2 atom stereocenters. The lowest BCUT2D eigenvalue weighted by molar-refractivity contribution is -0.0399. The van der Waals surface area contributed by atoms with Crippen molar-refractivity contribution in [2.75, 3.05) is 0 Å². The summed E-state index contributed by atoms with van der Waals surface area (Å²) >= 11 is 0. The first-order valence-corrected chi connectivity index (χ1v) is 5.30. The van der Waals surface area contributed by atoms with Crippen molar-refractivity contribution in [3.05, 3.63) is 23.3 Å². The summed E-state index contributed by atoms with van der Waals surface area (Å²) in [6, 6.07) is 3.58. The van der Waals surface area contributed by atoms with Crippen molar-refractivity contribution < 1.29 is 14.9 Å². The van der Waals surface area contributed by atoms with Crippen LogP contribution in [0.5, 0.6) is 11.5 Å².